The van der Waals surface area contributed by atoms with E-state index in [1.807, 2.05) is 18.2 Å². The van der Waals surface area contributed by atoms with Gasteiger partial charge in [0, 0.05) is 0 Å². The third kappa shape index (κ3) is 2.42. The molecule has 0 radical (unpaired) electrons. The maximum Gasteiger partial charge on any atom is 0.137 e. The van der Waals surface area contributed by atoms with Gasteiger partial charge in [0.1, 0.15) is 11.9 Å². The lowest BCUT2D eigenvalue weighted by Crippen LogP contribution is -2.34. The Bertz CT molecular complexity index is 636. The summed E-state index contributed by atoms with van der Waals surface area (Å²) < 4.78 is 5.34. The van der Waals surface area contributed by atoms with E-state index in [1.54, 1.807) is 6.26 Å². The molecular formula is C19H24O2. The van der Waals surface area contributed by atoms with Crippen molar-refractivity contribution in [2.24, 2.45) is 0 Å². The molecule has 1 N–H and O–H groups in total. The van der Waals surface area contributed by atoms with Gasteiger partial charge in [-0.2, -0.15) is 0 Å². The zero-order valence-electron chi connectivity index (χ0n) is 13.3. The number of rotatable bonds is 2. The summed E-state index contributed by atoms with van der Waals surface area (Å²) in [7, 11) is 0. The molecule has 1 heterocycles. The highest BCUT2D eigenvalue weighted by atomic mass is 16.4. The third-order valence-electron chi connectivity index (χ3n) is 5.01. The summed E-state index contributed by atoms with van der Waals surface area (Å²) in [6.45, 7) is 9.21. The summed E-state index contributed by atoms with van der Waals surface area (Å²) in [6, 6.07) is 10.0. The normalized spacial score (nSPS) is 20.8. The monoisotopic (exact) mass is 284 g/mol. The average molecular weight is 284 g/mol. The molecule has 0 fully saturated rings. The van der Waals surface area contributed by atoms with Crippen molar-refractivity contribution in [1.82, 2.24) is 0 Å². The fourth-order valence-electron chi connectivity index (χ4n) is 3.39. The van der Waals surface area contributed by atoms with Gasteiger partial charge in [0.05, 0.1) is 6.26 Å². The second-order valence-electron chi connectivity index (χ2n) is 7.49. The maximum absolute atomic E-state index is 10.5. The van der Waals surface area contributed by atoms with Crippen molar-refractivity contribution in [3.8, 4) is 0 Å². The summed E-state index contributed by atoms with van der Waals surface area (Å²) in [5.74, 6) is 0.600. The van der Waals surface area contributed by atoms with Crippen molar-refractivity contribution < 1.29 is 9.52 Å². The molecule has 1 aliphatic rings. The summed E-state index contributed by atoms with van der Waals surface area (Å²) in [5, 5.41) is 10.5. The zero-order valence-corrected chi connectivity index (χ0v) is 13.3. The molecule has 1 atom stereocenters. The molecule has 1 aliphatic carbocycles. The fourth-order valence-corrected chi connectivity index (χ4v) is 3.39. The first-order chi connectivity index (χ1) is 9.81. The van der Waals surface area contributed by atoms with Crippen LogP contribution in [0.15, 0.2) is 41.0 Å². The van der Waals surface area contributed by atoms with Crippen LogP contribution in [0.25, 0.3) is 0 Å². The van der Waals surface area contributed by atoms with Crippen LogP contribution in [-0.4, -0.2) is 5.11 Å². The van der Waals surface area contributed by atoms with Gasteiger partial charge in [-0.05, 0) is 52.5 Å². The van der Waals surface area contributed by atoms with Gasteiger partial charge in [0.2, 0.25) is 0 Å². The van der Waals surface area contributed by atoms with Crippen LogP contribution in [0.4, 0.5) is 0 Å². The predicted molar refractivity (Wildman–Crippen MR) is 84.5 cm³/mol. The predicted octanol–water partition coefficient (Wildman–Crippen LogP) is 4.71. The largest absolute Gasteiger partial charge is 0.466 e. The molecule has 1 unspecified atom stereocenters. The number of fused-ring (bicyclic) bond motifs is 1. The van der Waals surface area contributed by atoms with Crippen molar-refractivity contribution in [2.75, 3.05) is 0 Å². The van der Waals surface area contributed by atoms with Crippen LogP contribution in [0.3, 0.4) is 0 Å². The smallest absolute Gasteiger partial charge is 0.137 e. The Morgan fingerprint density at radius 2 is 1.67 bits per heavy atom. The summed E-state index contributed by atoms with van der Waals surface area (Å²) >= 11 is 0. The van der Waals surface area contributed by atoms with Crippen LogP contribution < -0.4 is 0 Å². The summed E-state index contributed by atoms with van der Waals surface area (Å²) in [5.41, 5.74) is 4.05. The molecule has 112 valence electrons. The van der Waals surface area contributed by atoms with Crippen molar-refractivity contribution in [3.63, 3.8) is 0 Å². The third-order valence-corrected chi connectivity index (χ3v) is 5.01. The number of furan rings is 1. The minimum atomic E-state index is -0.689. The van der Waals surface area contributed by atoms with Crippen LogP contribution in [0.2, 0.25) is 0 Å². The maximum atomic E-state index is 10.5. The average Bonchev–Trinajstić information content (AvgIpc) is 2.97. The second-order valence-corrected chi connectivity index (χ2v) is 7.49. The Balaban J connectivity index is 2.08. The summed E-state index contributed by atoms with van der Waals surface area (Å²) in [4.78, 5) is 0. The Morgan fingerprint density at radius 1 is 1.00 bits per heavy atom. The van der Waals surface area contributed by atoms with E-state index in [0.717, 1.165) is 5.56 Å². The van der Waals surface area contributed by atoms with Crippen molar-refractivity contribution in [2.45, 2.75) is 57.5 Å². The van der Waals surface area contributed by atoms with Gasteiger partial charge in [-0.25, -0.2) is 0 Å². The van der Waals surface area contributed by atoms with E-state index in [9.17, 15) is 5.11 Å². The number of aliphatic hydroxyl groups excluding tert-OH is 1. The first kappa shape index (κ1) is 14.4. The lowest BCUT2D eigenvalue weighted by Gasteiger charge is -2.42. The second kappa shape index (κ2) is 4.74. The molecule has 2 aromatic rings. The first-order valence-corrected chi connectivity index (χ1v) is 7.68. The van der Waals surface area contributed by atoms with Crippen LogP contribution in [-0.2, 0) is 10.8 Å². The van der Waals surface area contributed by atoms with E-state index in [4.69, 9.17) is 4.42 Å². The molecule has 0 saturated heterocycles. The standard InChI is InChI=1S/C19H24O2/c1-18(2)9-10-19(3,4)15-12-13(7-8-14(15)18)17(20)16-6-5-11-21-16/h5-8,11-12,17,20H,9-10H2,1-4H3. The van der Waals surface area contributed by atoms with Crippen LogP contribution in [0.5, 0.6) is 0 Å². The van der Waals surface area contributed by atoms with Gasteiger partial charge >= 0.3 is 0 Å². The van der Waals surface area contributed by atoms with Crippen LogP contribution in [0.1, 0.15) is 69.1 Å². The molecule has 0 amide bonds. The lowest BCUT2D eigenvalue weighted by molar-refractivity contribution is 0.189. The Morgan fingerprint density at radius 3 is 2.29 bits per heavy atom. The van der Waals surface area contributed by atoms with Crippen molar-refractivity contribution >= 4 is 0 Å². The van der Waals surface area contributed by atoms with Gasteiger partial charge in [-0.1, -0.05) is 45.9 Å². The highest BCUT2D eigenvalue weighted by Gasteiger charge is 2.37. The van der Waals surface area contributed by atoms with Gasteiger partial charge in [0.15, 0.2) is 0 Å². The minimum absolute atomic E-state index is 0.156. The van der Waals surface area contributed by atoms with Gasteiger partial charge in [-0.3, -0.25) is 0 Å². The molecule has 0 spiro atoms. The quantitative estimate of drug-likeness (QED) is 0.866. The molecule has 0 aliphatic heterocycles. The number of hydrogen-bond donors (Lipinski definition) is 1. The minimum Gasteiger partial charge on any atom is -0.466 e. The van der Waals surface area contributed by atoms with Crippen LogP contribution >= 0.6 is 0 Å². The number of aliphatic hydroxyl groups is 1. The molecule has 1 aromatic heterocycles. The van der Waals surface area contributed by atoms with Crippen molar-refractivity contribution in [1.29, 1.82) is 0 Å². The molecule has 0 saturated carbocycles. The zero-order chi connectivity index (χ0) is 15.3. The number of hydrogen-bond acceptors (Lipinski definition) is 2. The van der Waals surface area contributed by atoms with E-state index >= 15 is 0 Å². The molecule has 21 heavy (non-hydrogen) atoms. The van der Waals surface area contributed by atoms with E-state index < -0.39 is 6.10 Å². The molecule has 2 nitrogen and oxygen atoms in total. The molecular weight excluding hydrogens is 260 g/mol. The Hall–Kier alpha value is -1.54. The van der Waals surface area contributed by atoms with E-state index in [0.29, 0.717) is 5.76 Å². The summed E-state index contributed by atoms with van der Waals surface area (Å²) in [6.07, 6.45) is 3.29. The number of benzene rings is 1. The van der Waals surface area contributed by atoms with E-state index in [2.05, 4.69) is 39.8 Å². The molecule has 0 bridgehead atoms. The van der Waals surface area contributed by atoms with E-state index in [1.165, 1.54) is 24.0 Å². The van der Waals surface area contributed by atoms with Crippen LogP contribution in [0, 0.1) is 0 Å². The van der Waals surface area contributed by atoms with E-state index in [-0.39, 0.29) is 10.8 Å². The fraction of sp³-hybridized carbons (Fsp3) is 0.474. The first-order valence-electron chi connectivity index (χ1n) is 7.68. The van der Waals surface area contributed by atoms with Gasteiger partial charge in [0.25, 0.3) is 0 Å². The topological polar surface area (TPSA) is 33.4 Å². The molecule has 1 aromatic carbocycles. The SMILES string of the molecule is CC1(C)CCC(C)(C)c2cc(C(O)c3ccco3)ccc21. The Labute approximate surface area is 126 Å². The lowest BCUT2D eigenvalue weighted by atomic mass is 9.63. The van der Waals surface area contributed by atoms with Crippen molar-refractivity contribution in [3.05, 3.63) is 59.0 Å². The molecule has 3 rings (SSSR count). The van der Waals surface area contributed by atoms with Gasteiger partial charge in [-0.15, -0.1) is 0 Å². The highest BCUT2D eigenvalue weighted by Crippen LogP contribution is 2.46. The molecule has 2 heteroatoms. The van der Waals surface area contributed by atoms with Gasteiger partial charge < -0.3 is 9.52 Å². The Kier molecular flexibility index (Phi) is 3.25. The highest BCUT2D eigenvalue weighted by molar-refractivity contribution is 5.44.